The fourth-order valence-corrected chi connectivity index (χ4v) is 3.91. The zero-order valence-corrected chi connectivity index (χ0v) is 16.3. The number of hydrogen-bond donors (Lipinski definition) is 2. The van der Waals surface area contributed by atoms with Crippen molar-refractivity contribution in [1.29, 1.82) is 0 Å². The van der Waals surface area contributed by atoms with Gasteiger partial charge in [-0.15, -0.1) is 0 Å². The van der Waals surface area contributed by atoms with Crippen molar-refractivity contribution in [3.05, 3.63) is 40.7 Å². The third kappa shape index (κ3) is 5.28. The van der Waals surface area contributed by atoms with Gasteiger partial charge >= 0.3 is 5.97 Å². The number of aromatic nitrogens is 1. The number of para-hydroxylation sites is 1. The first kappa shape index (κ1) is 20.9. The number of sulfonamides is 1. The van der Waals surface area contributed by atoms with Crippen molar-refractivity contribution in [2.75, 3.05) is 11.9 Å². The monoisotopic (exact) mass is 415 g/mol. The predicted molar refractivity (Wildman–Crippen MR) is 96.8 cm³/mol. The number of hydrogen-bond acceptors (Lipinski definition) is 7. The molecule has 0 aliphatic heterocycles. The second-order valence-electron chi connectivity index (χ2n) is 5.63. The lowest BCUT2D eigenvalue weighted by Crippen LogP contribution is -2.40. The first-order valence-electron chi connectivity index (χ1n) is 7.78. The lowest BCUT2D eigenvalue weighted by molar-refractivity contribution is -0.148. The molecule has 1 aromatic heterocycles. The number of anilines is 1. The normalized spacial score (nSPS) is 12.4. The summed E-state index contributed by atoms with van der Waals surface area (Å²) in [4.78, 5) is 23.7. The Kier molecular flexibility index (Phi) is 6.58. The number of rotatable bonds is 7. The first-order chi connectivity index (χ1) is 12.6. The van der Waals surface area contributed by atoms with Gasteiger partial charge in [0.15, 0.2) is 12.4 Å². The number of halogens is 1. The van der Waals surface area contributed by atoms with Gasteiger partial charge in [0.2, 0.25) is 10.0 Å². The fourth-order valence-electron chi connectivity index (χ4n) is 2.21. The summed E-state index contributed by atoms with van der Waals surface area (Å²) in [5.74, 6) is -1.43. The van der Waals surface area contributed by atoms with E-state index in [0.717, 1.165) is 0 Å². The molecule has 0 aliphatic rings. The molecule has 0 radical (unpaired) electrons. The van der Waals surface area contributed by atoms with E-state index in [4.69, 9.17) is 20.9 Å². The number of amides is 1. The molecule has 2 rings (SSSR count). The molecule has 0 spiro atoms. The van der Waals surface area contributed by atoms with E-state index in [9.17, 15) is 18.0 Å². The number of carbonyl (C=O) groups is 2. The molecular formula is C16H18ClN3O6S. The van der Waals surface area contributed by atoms with Crippen LogP contribution in [0.15, 0.2) is 33.7 Å². The fraction of sp³-hybridized carbons (Fsp3) is 0.312. The molecule has 9 nitrogen and oxygen atoms in total. The number of benzene rings is 1. The maximum absolute atomic E-state index is 12.4. The Morgan fingerprint density at radius 1 is 1.30 bits per heavy atom. The average Bonchev–Trinajstić information content (AvgIpc) is 2.93. The number of carbonyl (C=O) groups excluding carboxylic acids is 2. The Balaban J connectivity index is 1.92. The van der Waals surface area contributed by atoms with Crippen LogP contribution in [-0.2, 0) is 24.3 Å². The summed E-state index contributed by atoms with van der Waals surface area (Å²) >= 11 is 5.92. The number of nitrogens with zero attached hydrogens (tertiary/aromatic N) is 1. The highest BCUT2D eigenvalue weighted by molar-refractivity contribution is 7.89. The van der Waals surface area contributed by atoms with Gasteiger partial charge in [0, 0.05) is 0 Å². The highest BCUT2D eigenvalue weighted by Gasteiger charge is 2.29. The van der Waals surface area contributed by atoms with Crippen molar-refractivity contribution >= 4 is 39.2 Å². The van der Waals surface area contributed by atoms with Crippen LogP contribution < -0.4 is 10.0 Å². The van der Waals surface area contributed by atoms with Gasteiger partial charge in [-0.25, -0.2) is 8.42 Å². The largest absolute Gasteiger partial charge is 0.454 e. The third-order valence-corrected chi connectivity index (χ3v) is 5.53. The van der Waals surface area contributed by atoms with Crippen LogP contribution in [0.5, 0.6) is 0 Å². The molecule has 1 amide bonds. The van der Waals surface area contributed by atoms with Crippen LogP contribution in [0.1, 0.15) is 18.4 Å². The maximum Gasteiger partial charge on any atom is 0.324 e. The quantitative estimate of drug-likeness (QED) is 0.659. The molecule has 0 saturated heterocycles. The van der Waals surface area contributed by atoms with E-state index in [2.05, 4.69) is 15.2 Å². The van der Waals surface area contributed by atoms with E-state index >= 15 is 0 Å². The zero-order valence-electron chi connectivity index (χ0n) is 14.8. The Morgan fingerprint density at radius 3 is 2.56 bits per heavy atom. The molecule has 0 fully saturated rings. The topological polar surface area (TPSA) is 128 Å². The van der Waals surface area contributed by atoms with E-state index in [1.165, 1.54) is 20.8 Å². The third-order valence-electron chi connectivity index (χ3n) is 3.42. The van der Waals surface area contributed by atoms with Gasteiger partial charge in [-0.3, -0.25) is 9.59 Å². The molecule has 146 valence electrons. The minimum atomic E-state index is -4.04. The maximum atomic E-state index is 12.4. The SMILES string of the molecule is Cc1noc(C)c1S(=O)(=O)N[C@@H](C)C(=O)OCC(=O)Nc1ccccc1Cl. The molecule has 27 heavy (non-hydrogen) atoms. The van der Waals surface area contributed by atoms with E-state index < -0.39 is 34.5 Å². The van der Waals surface area contributed by atoms with Gasteiger partial charge in [0.1, 0.15) is 16.6 Å². The van der Waals surface area contributed by atoms with Crippen LogP contribution in [0.4, 0.5) is 5.69 Å². The predicted octanol–water partition coefficient (Wildman–Crippen LogP) is 1.79. The molecule has 1 aromatic carbocycles. The summed E-state index contributed by atoms with van der Waals surface area (Å²) in [6, 6.07) is 5.33. The highest BCUT2D eigenvalue weighted by atomic mass is 35.5. The molecule has 0 unspecified atom stereocenters. The molecule has 0 bridgehead atoms. The Bertz CT molecular complexity index is 937. The first-order valence-corrected chi connectivity index (χ1v) is 9.64. The number of esters is 1. The van der Waals surface area contributed by atoms with Gasteiger partial charge in [-0.1, -0.05) is 28.9 Å². The van der Waals surface area contributed by atoms with Gasteiger partial charge in [0.05, 0.1) is 10.7 Å². The van der Waals surface area contributed by atoms with Crippen LogP contribution in [-0.4, -0.2) is 38.1 Å². The molecule has 0 aliphatic carbocycles. The van der Waals surface area contributed by atoms with Crippen molar-refractivity contribution in [2.24, 2.45) is 0 Å². The van der Waals surface area contributed by atoms with Gasteiger partial charge < -0.3 is 14.6 Å². The lowest BCUT2D eigenvalue weighted by atomic mass is 10.3. The number of aryl methyl sites for hydroxylation is 2. The summed E-state index contributed by atoms with van der Waals surface area (Å²) < 4.78 is 36.5. The van der Waals surface area contributed by atoms with Crippen LogP contribution in [0, 0.1) is 13.8 Å². The Hall–Kier alpha value is -2.43. The summed E-state index contributed by atoms with van der Waals surface area (Å²) in [5.41, 5.74) is 0.534. The summed E-state index contributed by atoms with van der Waals surface area (Å²) in [7, 11) is -4.04. The number of nitrogens with one attached hydrogen (secondary N) is 2. The molecule has 11 heteroatoms. The van der Waals surface area contributed by atoms with E-state index in [1.54, 1.807) is 24.3 Å². The minimum absolute atomic E-state index is 0.0969. The van der Waals surface area contributed by atoms with Gasteiger partial charge in [0.25, 0.3) is 5.91 Å². The van der Waals surface area contributed by atoms with E-state index in [-0.39, 0.29) is 16.3 Å². The molecule has 2 N–H and O–H groups in total. The Morgan fingerprint density at radius 2 is 1.96 bits per heavy atom. The molecular weight excluding hydrogens is 398 g/mol. The zero-order chi connectivity index (χ0) is 20.2. The molecule has 2 aromatic rings. The Labute approximate surface area is 161 Å². The molecule has 0 saturated carbocycles. The van der Waals surface area contributed by atoms with Crippen LogP contribution in [0.3, 0.4) is 0 Å². The van der Waals surface area contributed by atoms with Crippen LogP contribution in [0.2, 0.25) is 5.02 Å². The minimum Gasteiger partial charge on any atom is -0.454 e. The number of ether oxygens (including phenoxy) is 1. The van der Waals surface area contributed by atoms with Crippen molar-refractivity contribution in [3.8, 4) is 0 Å². The van der Waals surface area contributed by atoms with Crippen molar-refractivity contribution in [2.45, 2.75) is 31.7 Å². The highest BCUT2D eigenvalue weighted by Crippen LogP contribution is 2.20. The van der Waals surface area contributed by atoms with Crippen molar-refractivity contribution < 1.29 is 27.3 Å². The standard InChI is InChI=1S/C16H18ClN3O6S/c1-9-15(11(3)26-19-9)27(23,24)20-10(2)16(22)25-8-14(21)18-13-7-5-4-6-12(13)17/h4-7,10,20H,8H2,1-3H3,(H,18,21)/t10-/m0/s1. The van der Waals surface area contributed by atoms with Crippen LogP contribution in [0.25, 0.3) is 0 Å². The summed E-state index contributed by atoms with van der Waals surface area (Å²) in [6.07, 6.45) is 0. The van der Waals surface area contributed by atoms with Crippen molar-refractivity contribution in [3.63, 3.8) is 0 Å². The molecule has 1 heterocycles. The van der Waals surface area contributed by atoms with Gasteiger partial charge in [-0.05, 0) is 32.9 Å². The lowest BCUT2D eigenvalue weighted by Gasteiger charge is -2.13. The second kappa shape index (κ2) is 8.51. The van der Waals surface area contributed by atoms with Crippen LogP contribution >= 0.6 is 11.6 Å². The molecule has 1 atom stereocenters. The van der Waals surface area contributed by atoms with E-state index in [0.29, 0.717) is 10.7 Å². The second-order valence-corrected chi connectivity index (χ2v) is 7.69. The average molecular weight is 416 g/mol. The van der Waals surface area contributed by atoms with E-state index in [1.807, 2.05) is 0 Å². The summed E-state index contributed by atoms with van der Waals surface area (Å²) in [5, 5.41) is 6.38. The smallest absolute Gasteiger partial charge is 0.324 e. The van der Waals surface area contributed by atoms with Crippen molar-refractivity contribution in [1.82, 2.24) is 9.88 Å². The van der Waals surface area contributed by atoms with Gasteiger partial charge in [-0.2, -0.15) is 4.72 Å². The summed E-state index contributed by atoms with van der Waals surface area (Å²) in [6.45, 7) is 3.61.